The van der Waals surface area contributed by atoms with E-state index in [2.05, 4.69) is 20.1 Å². The van der Waals surface area contributed by atoms with Crippen LogP contribution in [0.4, 0.5) is 35.1 Å². The van der Waals surface area contributed by atoms with Crippen LogP contribution in [0.5, 0.6) is 23.0 Å². The van der Waals surface area contributed by atoms with E-state index in [1.807, 2.05) is 0 Å². The summed E-state index contributed by atoms with van der Waals surface area (Å²) >= 11 is 12.7. The second-order valence-corrected chi connectivity index (χ2v) is 21.1. The highest BCUT2D eigenvalue weighted by Crippen LogP contribution is 2.58. The van der Waals surface area contributed by atoms with Crippen LogP contribution in [0.2, 0.25) is 10.0 Å². The molecule has 14 nitrogen and oxygen atoms in total. The van der Waals surface area contributed by atoms with Gasteiger partial charge in [0.05, 0.1) is 33.4 Å². The number of carbonyl (C=O) groups excluding carboxylic acids is 2. The number of amides is 2. The van der Waals surface area contributed by atoms with Crippen LogP contribution in [0.1, 0.15) is 107 Å². The Morgan fingerprint density at radius 2 is 0.890 bits per heavy atom. The number of alkyl halides is 4. The van der Waals surface area contributed by atoms with Gasteiger partial charge in [-0.3, -0.25) is 9.59 Å². The Bertz CT molecular complexity index is 3120. The highest BCUT2D eigenvalue weighted by atomic mass is 35.5. The fourth-order valence-electron chi connectivity index (χ4n) is 11.3. The molecule has 0 saturated heterocycles. The van der Waals surface area contributed by atoms with E-state index in [1.54, 1.807) is 60.7 Å². The molecular weight excluding hydrogens is 1140 g/mol. The number of primary amides is 2. The Hall–Kier alpha value is -6.76. The van der Waals surface area contributed by atoms with E-state index >= 15 is 17.6 Å². The first-order valence-electron chi connectivity index (χ1n) is 25.9. The molecule has 10 rings (SSSR count). The van der Waals surface area contributed by atoms with Gasteiger partial charge in [0.2, 0.25) is 11.8 Å². The Morgan fingerprint density at radius 3 is 1.21 bits per heavy atom. The molecule has 2 aliphatic heterocycles. The predicted octanol–water partition coefficient (Wildman–Crippen LogP) is 10.4. The summed E-state index contributed by atoms with van der Waals surface area (Å²) in [4.78, 5) is 24.6. The van der Waals surface area contributed by atoms with Crippen molar-refractivity contribution in [3.63, 3.8) is 0 Å². The standard InChI is InChI=1S/2C29H27ClF4N2O5/c2*30-24-18(31)12-20-22(23(24)21-17(27(35)39)10-11-19(25(21)32)40-28(33)34)26(38)29(41-20,14-4-2-1-3-5-14)13-36-15-6-8-16(37)9-7-15/h2*1-5,10-12,15-16,26,28,36-38H,6-9,13H2,(H2,35,39)/t2*15?,16?,26-,29+/m00/s1. The van der Waals surface area contributed by atoms with Crippen molar-refractivity contribution in [1.82, 2.24) is 10.6 Å². The van der Waals surface area contributed by atoms with Gasteiger partial charge in [0.15, 0.2) is 34.3 Å². The van der Waals surface area contributed by atoms with Crippen LogP contribution in [0, 0.1) is 23.3 Å². The highest BCUT2D eigenvalue weighted by Gasteiger charge is 2.54. The van der Waals surface area contributed by atoms with Gasteiger partial charge >= 0.3 is 13.2 Å². The van der Waals surface area contributed by atoms with Crippen molar-refractivity contribution in [1.29, 1.82) is 0 Å². The monoisotopic (exact) mass is 1190 g/mol. The minimum Gasteiger partial charge on any atom is -0.478 e. The summed E-state index contributed by atoms with van der Waals surface area (Å²) in [6.07, 6.45) is 1.08. The molecule has 24 heteroatoms. The number of hydrogen-bond acceptors (Lipinski definition) is 12. The van der Waals surface area contributed by atoms with E-state index in [9.17, 15) is 47.6 Å². The third kappa shape index (κ3) is 11.6. The number of nitrogens with two attached hydrogens (primary N) is 2. The summed E-state index contributed by atoms with van der Waals surface area (Å²) in [6, 6.07) is 22.5. The number of fused-ring (bicyclic) bond motifs is 2. The van der Waals surface area contributed by atoms with E-state index in [0.717, 1.165) is 36.4 Å². The first-order chi connectivity index (χ1) is 39.1. The van der Waals surface area contributed by atoms with Crippen molar-refractivity contribution in [2.24, 2.45) is 11.5 Å². The van der Waals surface area contributed by atoms with Crippen LogP contribution in [-0.4, -0.2) is 82.8 Å². The molecule has 2 amide bonds. The van der Waals surface area contributed by atoms with Crippen molar-refractivity contribution in [3.8, 4) is 45.3 Å². The summed E-state index contributed by atoms with van der Waals surface area (Å²) in [6.45, 7) is -6.77. The van der Waals surface area contributed by atoms with E-state index in [4.69, 9.17) is 44.1 Å². The van der Waals surface area contributed by atoms with E-state index in [0.29, 0.717) is 62.5 Å². The zero-order valence-corrected chi connectivity index (χ0v) is 44.6. The Balaban J connectivity index is 0.000000198. The van der Waals surface area contributed by atoms with E-state index in [-0.39, 0.29) is 60.0 Å². The lowest BCUT2D eigenvalue weighted by atomic mass is 9.82. The lowest BCUT2D eigenvalue weighted by Gasteiger charge is -2.36. The topological polar surface area (TPSA) is 228 Å². The summed E-state index contributed by atoms with van der Waals surface area (Å²) in [5.41, 5.74) is 5.14. The smallest absolute Gasteiger partial charge is 0.387 e. The number of benzene rings is 6. The molecule has 6 aromatic carbocycles. The number of aliphatic hydroxyl groups excluding tert-OH is 4. The first kappa shape index (κ1) is 59.8. The van der Waals surface area contributed by atoms with Gasteiger partial charge < -0.3 is 61.5 Å². The largest absolute Gasteiger partial charge is 0.478 e. The fourth-order valence-corrected chi connectivity index (χ4v) is 11.8. The third-order valence-corrected chi connectivity index (χ3v) is 16.1. The van der Waals surface area contributed by atoms with Gasteiger partial charge in [-0.1, -0.05) is 83.9 Å². The normalized spacial score (nSPS) is 23.8. The van der Waals surface area contributed by atoms with Crippen molar-refractivity contribution in [2.45, 2.75) is 112 Å². The van der Waals surface area contributed by atoms with Crippen molar-refractivity contribution >= 4 is 35.0 Å². The van der Waals surface area contributed by atoms with Gasteiger partial charge in [-0.05, 0) is 86.8 Å². The van der Waals surface area contributed by atoms with Crippen LogP contribution in [0.25, 0.3) is 22.3 Å². The SMILES string of the molecule is NC(=O)c1ccc(OC(F)F)c(F)c1-c1c(Cl)c(F)cc2c1[C@H](O)[C@@](CNC1CCC(O)CC1)(c1ccccc1)O2.NC(=O)c1ccc(OC(F)F)c(F)c1-c1c(Cl)c(F)cc2c1[C@H](O)[C@@](CNC1CCC(O)CC1)(c1ccccc1)O2. The second-order valence-electron chi connectivity index (χ2n) is 20.3. The van der Waals surface area contributed by atoms with Gasteiger partial charge in [-0.15, -0.1) is 0 Å². The molecule has 4 atom stereocenters. The molecule has 2 heterocycles. The van der Waals surface area contributed by atoms with Crippen LogP contribution >= 0.6 is 23.2 Å². The van der Waals surface area contributed by atoms with Crippen molar-refractivity contribution in [2.75, 3.05) is 13.1 Å². The van der Waals surface area contributed by atoms with Gasteiger partial charge in [0.1, 0.15) is 35.3 Å². The average molecular weight is 1190 g/mol. The number of halogens is 10. The van der Waals surface area contributed by atoms with Crippen LogP contribution in [0.15, 0.2) is 97.1 Å². The number of nitrogens with one attached hydrogen (secondary N) is 2. The lowest BCUT2D eigenvalue weighted by Crippen LogP contribution is -2.48. The van der Waals surface area contributed by atoms with Gasteiger partial charge in [0, 0.05) is 70.7 Å². The Labute approximate surface area is 473 Å². The molecule has 6 aromatic rings. The molecular formula is C58H54Cl2F8N4O10. The summed E-state index contributed by atoms with van der Waals surface area (Å²) in [7, 11) is 0. The number of hydrogen-bond donors (Lipinski definition) is 8. The predicted molar refractivity (Wildman–Crippen MR) is 284 cm³/mol. The van der Waals surface area contributed by atoms with Gasteiger partial charge in [-0.2, -0.15) is 17.6 Å². The number of ether oxygens (including phenoxy) is 4. The molecule has 4 aliphatic rings. The van der Waals surface area contributed by atoms with Crippen molar-refractivity contribution < 1.29 is 84.1 Å². The van der Waals surface area contributed by atoms with E-state index < -0.39 is 127 Å². The quantitative estimate of drug-likeness (QED) is 0.0424. The van der Waals surface area contributed by atoms with Gasteiger partial charge in [0.25, 0.3) is 0 Å². The molecule has 2 saturated carbocycles. The highest BCUT2D eigenvalue weighted by molar-refractivity contribution is 6.34. The minimum absolute atomic E-state index is 0.0135. The summed E-state index contributed by atoms with van der Waals surface area (Å²) in [5.74, 6) is -9.57. The fraction of sp³-hybridized carbons (Fsp3) is 0.345. The van der Waals surface area contributed by atoms with Crippen molar-refractivity contribution in [3.05, 3.63) is 164 Å². The zero-order valence-electron chi connectivity index (χ0n) is 43.1. The molecule has 0 radical (unpaired) electrons. The maximum absolute atomic E-state index is 15.8. The molecule has 0 spiro atoms. The first-order valence-corrected chi connectivity index (χ1v) is 26.7. The maximum Gasteiger partial charge on any atom is 0.387 e. The third-order valence-electron chi connectivity index (χ3n) is 15.4. The summed E-state index contributed by atoms with van der Waals surface area (Å²) < 4.78 is 135. The molecule has 0 bridgehead atoms. The Morgan fingerprint density at radius 1 is 0.549 bits per heavy atom. The maximum atomic E-state index is 15.8. The number of aliphatic hydroxyl groups is 4. The molecule has 10 N–H and O–H groups in total. The Kier molecular flexibility index (Phi) is 18.0. The molecule has 2 fully saturated rings. The van der Waals surface area contributed by atoms with Crippen LogP contribution in [-0.2, 0) is 11.2 Å². The van der Waals surface area contributed by atoms with Crippen LogP contribution in [0.3, 0.4) is 0 Å². The van der Waals surface area contributed by atoms with E-state index in [1.165, 1.54) is 0 Å². The number of rotatable bonds is 16. The molecule has 82 heavy (non-hydrogen) atoms. The van der Waals surface area contributed by atoms with Gasteiger partial charge in [-0.25, -0.2) is 17.6 Å². The molecule has 2 aliphatic carbocycles. The molecule has 0 aromatic heterocycles. The summed E-state index contributed by atoms with van der Waals surface area (Å²) in [5, 5.41) is 49.0. The number of carbonyl (C=O) groups is 2. The molecule has 436 valence electrons. The lowest BCUT2D eigenvalue weighted by molar-refractivity contribution is -0.0527. The minimum atomic E-state index is -3.41. The second kappa shape index (κ2) is 24.6. The van der Waals surface area contributed by atoms with Crippen LogP contribution < -0.4 is 41.0 Å². The zero-order chi connectivity index (χ0) is 58.9. The average Bonchev–Trinajstić information content (AvgIpc) is 4.02. The molecule has 0 unspecified atom stereocenters.